The third kappa shape index (κ3) is 0.992. The Morgan fingerprint density at radius 2 is 2.38 bits per heavy atom. The number of nitrogens with two attached hydrogens (primary N) is 1. The lowest BCUT2D eigenvalue weighted by atomic mass is 10.1. The van der Waals surface area contributed by atoms with Gasteiger partial charge in [0.1, 0.15) is 0 Å². The second-order valence-electron chi connectivity index (χ2n) is 2.14. The van der Waals surface area contributed by atoms with E-state index >= 15 is 0 Å². The Bertz CT molecular complexity index is 76.8. The van der Waals surface area contributed by atoms with Gasteiger partial charge in [-0.15, -0.1) is 0 Å². The minimum atomic E-state index is 0.0556. The van der Waals surface area contributed by atoms with Gasteiger partial charge in [0, 0.05) is 18.6 Å². The summed E-state index contributed by atoms with van der Waals surface area (Å²) >= 11 is 0. The molecule has 0 aliphatic carbocycles. The Morgan fingerprint density at radius 1 is 1.62 bits per heavy atom. The van der Waals surface area contributed by atoms with Gasteiger partial charge in [-0.25, -0.2) is 0 Å². The van der Waals surface area contributed by atoms with Crippen LogP contribution in [0.3, 0.4) is 0 Å². The van der Waals surface area contributed by atoms with Crippen molar-refractivity contribution in [3.63, 3.8) is 0 Å². The average molecular weight is 117 g/mol. The quantitative estimate of drug-likeness (QED) is 0.461. The first kappa shape index (κ1) is 6.01. The van der Waals surface area contributed by atoms with E-state index < -0.39 is 0 Å². The topological polar surface area (TPSA) is 55.5 Å². The average Bonchev–Trinajstić information content (AvgIpc) is 2.14. The number of rotatable bonds is 1. The standard InChI is InChI=1S/C5H11NO2/c6-5-3-8-2-4(5)1-7/h4-5,7H,1-3,6H2/t4-,5-/m0/s1. The molecule has 0 bridgehead atoms. The van der Waals surface area contributed by atoms with E-state index in [0.29, 0.717) is 13.2 Å². The molecule has 1 heterocycles. The van der Waals surface area contributed by atoms with Crippen LogP contribution in [-0.2, 0) is 4.74 Å². The summed E-state index contributed by atoms with van der Waals surface area (Å²) in [5.74, 6) is 0.176. The highest BCUT2D eigenvalue weighted by atomic mass is 16.5. The lowest BCUT2D eigenvalue weighted by Gasteiger charge is -2.06. The lowest BCUT2D eigenvalue weighted by molar-refractivity contribution is 0.161. The molecule has 2 atom stereocenters. The minimum Gasteiger partial charge on any atom is -0.396 e. The number of hydrogen-bond donors (Lipinski definition) is 2. The van der Waals surface area contributed by atoms with Crippen molar-refractivity contribution in [2.45, 2.75) is 6.04 Å². The third-order valence-electron chi connectivity index (χ3n) is 1.48. The molecule has 48 valence electrons. The molecule has 0 aromatic carbocycles. The Labute approximate surface area is 48.4 Å². The van der Waals surface area contributed by atoms with Crippen LogP contribution < -0.4 is 5.73 Å². The van der Waals surface area contributed by atoms with Crippen molar-refractivity contribution < 1.29 is 9.84 Å². The Balaban J connectivity index is 2.30. The minimum absolute atomic E-state index is 0.0556. The zero-order valence-corrected chi connectivity index (χ0v) is 4.71. The van der Waals surface area contributed by atoms with Crippen molar-refractivity contribution in [2.24, 2.45) is 11.7 Å². The van der Waals surface area contributed by atoms with E-state index in [4.69, 9.17) is 15.6 Å². The van der Waals surface area contributed by atoms with E-state index in [1.165, 1.54) is 0 Å². The zero-order valence-electron chi connectivity index (χ0n) is 4.71. The molecular formula is C5H11NO2. The summed E-state index contributed by atoms with van der Waals surface area (Å²) < 4.78 is 4.98. The summed E-state index contributed by atoms with van der Waals surface area (Å²) in [5.41, 5.74) is 5.50. The molecule has 0 aromatic heterocycles. The maximum absolute atomic E-state index is 8.58. The molecule has 0 aromatic rings. The number of aliphatic hydroxyl groups is 1. The van der Waals surface area contributed by atoms with Gasteiger partial charge in [-0.1, -0.05) is 0 Å². The van der Waals surface area contributed by atoms with Gasteiger partial charge in [-0.2, -0.15) is 0 Å². The van der Waals surface area contributed by atoms with E-state index in [2.05, 4.69) is 0 Å². The van der Waals surface area contributed by atoms with Crippen LogP contribution in [0.25, 0.3) is 0 Å². The van der Waals surface area contributed by atoms with Gasteiger partial charge in [0.2, 0.25) is 0 Å². The number of aliphatic hydroxyl groups excluding tert-OH is 1. The van der Waals surface area contributed by atoms with Gasteiger partial charge in [0.05, 0.1) is 13.2 Å². The molecule has 0 saturated carbocycles. The van der Waals surface area contributed by atoms with Gasteiger partial charge in [0.25, 0.3) is 0 Å². The van der Waals surface area contributed by atoms with Crippen LogP contribution in [0.1, 0.15) is 0 Å². The molecule has 8 heavy (non-hydrogen) atoms. The Hall–Kier alpha value is -0.120. The summed E-state index contributed by atoms with van der Waals surface area (Å²) in [6, 6.07) is 0.0556. The van der Waals surface area contributed by atoms with Crippen molar-refractivity contribution >= 4 is 0 Å². The van der Waals surface area contributed by atoms with Gasteiger partial charge >= 0.3 is 0 Å². The van der Waals surface area contributed by atoms with E-state index in [1.807, 2.05) is 0 Å². The molecule has 0 radical (unpaired) electrons. The first-order valence-electron chi connectivity index (χ1n) is 2.78. The van der Waals surface area contributed by atoms with Crippen molar-refractivity contribution in [3.05, 3.63) is 0 Å². The van der Waals surface area contributed by atoms with Gasteiger partial charge in [-0.3, -0.25) is 0 Å². The molecule has 1 fully saturated rings. The van der Waals surface area contributed by atoms with Crippen LogP contribution in [0.5, 0.6) is 0 Å². The highest BCUT2D eigenvalue weighted by Crippen LogP contribution is 2.09. The number of ether oxygens (including phenoxy) is 1. The van der Waals surface area contributed by atoms with Crippen LogP contribution in [0.2, 0.25) is 0 Å². The highest BCUT2D eigenvalue weighted by Gasteiger charge is 2.23. The number of hydrogen-bond acceptors (Lipinski definition) is 3. The monoisotopic (exact) mass is 117 g/mol. The molecule has 1 aliphatic rings. The largest absolute Gasteiger partial charge is 0.396 e. The van der Waals surface area contributed by atoms with E-state index in [1.54, 1.807) is 0 Å². The second kappa shape index (κ2) is 2.44. The predicted molar refractivity (Wildman–Crippen MR) is 29.4 cm³/mol. The van der Waals surface area contributed by atoms with E-state index in [9.17, 15) is 0 Å². The molecule has 1 aliphatic heterocycles. The molecule has 3 N–H and O–H groups in total. The molecule has 1 rings (SSSR count). The van der Waals surface area contributed by atoms with Crippen LogP contribution in [0, 0.1) is 5.92 Å². The molecular weight excluding hydrogens is 106 g/mol. The maximum atomic E-state index is 8.58. The molecule has 3 nitrogen and oxygen atoms in total. The predicted octanol–water partition coefficient (Wildman–Crippen LogP) is -1.05. The van der Waals surface area contributed by atoms with Gasteiger partial charge in [0.15, 0.2) is 0 Å². The highest BCUT2D eigenvalue weighted by molar-refractivity contribution is 4.76. The molecule has 1 saturated heterocycles. The SMILES string of the molecule is N[C@H]1COC[C@@H]1CO. The van der Waals surface area contributed by atoms with Crippen molar-refractivity contribution in [2.75, 3.05) is 19.8 Å². The summed E-state index contributed by atoms with van der Waals surface area (Å²) in [4.78, 5) is 0. The first-order valence-corrected chi connectivity index (χ1v) is 2.78. The normalized spacial score (nSPS) is 38.2. The second-order valence-corrected chi connectivity index (χ2v) is 2.14. The summed E-state index contributed by atoms with van der Waals surface area (Å²) in [7, 11) is 0. The zero-order chi connectivity index (χ0) is 5.98. The summed E-state index contributed by atoms with van der Waals surface area (Å²) in [5, 5.41) is 8.58. The lowest BCUT2D eigenvalue weighted by Crippen LogP contribution is -2.30. The van der Waals surface area contributed by atoms with Crippen LogP contribution in [0.4, 0.5) is 0 Å². The fraction of sp³-hybridized carbons (Fsp3) is 1.00. The smallest absolute Gasteiger partial charge is 0.0622 e. The van der Waals surface area contributed by atoms with Crippen LogP contribution in [0.15, 0.2) is 0 Å². The Kier molecular flexibility index (Phi) is 1.83. The van der Waals surface area contributed by atoms with Gasteiger partial charge < -0.3 is 15.6 Å². The molecule has 3 heteroatoms. The molecule has 0 unspecified atom stereocenters. The van der Waals surface area contributed by atoms with E-state index in [0.717, 1.165) is 0 Å². The molecule has 0 spiro atoms. The van der Waals surface area contributed by atoms with Crippen molar-refractivity contribution in [1.82, 2.24) is 0 Å². The van der Waals surface area contributed by atoms with E-state index in [-0.39, 0.29) is 18.6 Å². The summed E-state index contributed by atoms with van der Waals surface area (Å²) in [6.45, 7) is 1.38. The fourth-order valence-electron chi connectivity index (χ4n) is 0.803. The maximum Gasteiger partial charge on any atom is 0.0622 e. The first-order chi connectivity index (χ1) is 3.84. The van der Waals surface area contributed by atoms with Gasteiger partial charge in [-0.05, 0) is 0 Å². The molecule has 0 amide bonds. The van der Waals surface area contributed by atoms with Crippen LogP contribution >= 0.6 is 0 Å². The van der Waals surface area contributed by atoms with Crippen molar-refractivity contribution in [3.8, 4) is 0 Å². The Morgan fingerprint density at radius 3 is 2.62 bits per heavy atom. The third-order valence-corrected chi connectivity index (χ3v) is 1.48. The fourth-order valence-corrected chi connectivity index (χ4v) is 0.803. The van der Waals surface area contributed by atoms with Crippen LogP contribution in [-0.4, -0.2) is 31.0 Å². The summed E-state index contributed by atoms with van der Waals surface area (Å²) in [6.07, 6.45) is 0. The van der Waals surface area contributed by atoms with Crippen molar-refractivity contribution in [1.29, 1.82) is 0 Å².